The molecular weight excluding hydrogens is 267 g/mol. The number of hydrogen-bond donors (Lipinski definition) is 0. The Labute approximate surface area is 108 Å². The maximum atomic E-state index is 12.7. The lowest BCUT2D eigenvalue weighted by Gasteiger charge is -2.35. The summed E-state index contributed by atoms with van der Waals surface area (Å²) in [6, 6.07) is 0. The Morgan fingerprint density at radius 2 is 2.17 bits per heavy atom. The molecule has 0 saturated carbocycles. The summed E-state index contributed by atoms with van der Waals surface area (Å²) in [6.45, 7) is 2.28. The second kappa shape index (κ2) is 4.91. The fourth-order valence-corrected chi connectivity index (χ4v) is 2.30. The van der Waals surface area contributed by atoms with E-state index in [1.54, 1.807) is 11.8 Å². The van der Waals surface area contributed by atoms with E-state index in [-0.39, 0.29) is 18.2 Å². The molecular formula is C11H13ClF3N3. The van der Waals surface area contributed by atoms with E-state index in [0.29, 0.717) is 18.8 Å². The van der Waals surface area contributed by atoms with E-state index in [2.05, 4.69) is 9.97 Å². The molecule has 2 heterocycles. The third kappa shape index (κ3) is 2.85. The van der Waals surface area contributed by atoms with Gasteiger partial charge in [0, 0.05) is 24.8 Å². The van der Waals surface area contributed by atoms with Gasteiger partial charge >= 0.3 is 6.18 Å². The second-order valence-electron chi connectivity index (χ2n) is 4.47. The van der Waals surface area contributed by atoms with E-state index in [9.17, 15) is 13.2 Å². The molecule has 0 aromatic carbocycles. The molecule has 0 aliphatic carbocycles. The fourth-order valence-electron chi connectivity index (χ4n) is 2.17. The van der Waals surface area contributed by atoms with E-state index in [1.165, 1.54) is 6.20 Å². The number of alkyl halides is 3. The van der Waals surface area contributed by atoms with Gasteiger partial charge in [0.15, 0.2) is 0 Å². The lowest BCUT2D eigenvalue weighted by atomic mass is 9.97. The molecule has 1 aromatic heterocycles. The SMILES string of the molecule is Cc1cnc(Cl)nc1N1CCCC(C(F)(F)F)C1. The lowest BCUT2D eigenvalue weighted by Crippen LogP contribution is -2.42. The average Bonchev–Trinajstić information content (AvgIpc) is 2.31. The number of rotatable bonds is 1. The minimum absolute atomic E-state index is 0.0579. The number of halogens is 4. The molecule has 0 bridgehead atoms. The summed E-state index contributed by atoms with van der Waals surface area (Å²) in [6.07, 6.45) is -1.94. The van der Waals surface area contributed by atoms with Crippen LogP contribution in [-0.2, 0) is 0 Å². The minimum atomic E-state index is -4.15. The van der Waals surface area contributed by atoms with Gasteiger partial charge < -0.3 is 4.90 Å². The standard InChI is InChI=1S/C11H13ClF3N3/c1-7-5-16-10(12)17-9(7)18-4-2-3-8(6-18)11(13,14)15/h5,8H,2-4,6H2,1H3. The number of aryl methyl sites for hydroxylation is 1. The van der Waals surface area contributed by atoms with Gasteiger partial charge in [-0.25, -0.2) is 9.97 Å². The van der Waals surface area contributed by atoms with E-state index in [0.717, 1.165) is 5.56 Å². The quantitative estimate of drug-likeness (QED) is 0.739. The molecule has 7 heteroatoms. The van der Waals surface area contributed by atoms with Gasteiger partial charge in [0.2, 0.25) is 5.28 Å². The molecule has 1 unspecified atom stereocenters. The fraction of sp³-hybridized carbons (Fsp3) is 0.636. The number of anilines is 1. The molecule has 0 radical (unpaired) electrons. The Morgan fingerprint density at radius 1 is 1.44 bits per heavy atom. The first-order valence-electron chi connectivity index (χ1n) is 5.68. The maximum absolute atomic E-state index is 12.7. The molecule has 0 N–H and O–H groups in total. The molecule has 100 valence electrons. The van der Waals surface area contributed by atoms with Crippen LogP contribution in [0.1, 0.15) is 18.4 Å². The Hall–Kier alpha value is -1.04. The monoisotopic (exact) mass is 279 g/mol. The highest BCUT2D eigenvalue weighted by atomic mass is 35.5. The van der Waals surface area contributed by atoms with Crippen LogP contribution in [0.5, 0.6) is 0 Å². The molecule has 0 spiro atoms. The third-order valence-electron chi connectivity index (χ3n) is 3.10. The molecule has 2 rings (SSSR count). The molecule has 1 aromatic rings. The van der Waals surface area contributed by atoms with Gasteiger partial charge in [-0.05, 0) is 31.4 Å². The topological polar surface area (TPSA) is 29.0 Å². The van der Waals surface area contributed by atoms with Crippen LogP contribution in [-0.4, -0.2) is 29.2 Å². The summed E-state index contributed by atoms with van der Waals surface area (Å²) in [5.74, 6) is -0.789. The summed E-state index contributed by atoms with van der Waals surface area (Å²) in [5.41, 5.74) is 0.738. The zero-order valence-corrected chi connectivity index (χ0v) is 10.6. The van der Waals surface area contributed by atoms with E-state index < -0.39 is 12.1 Å². The largest absolute Gasteiger partial charge is 0.393 e. The van der Waals surface area contributed by atoms with Gasteiger partial charge in [-0.2, -0.15) is 13.2 Å². The van der Waals surface area contributed by atoms with Gasteiger partial charge in [-0.15, -0.1) is 0 Å². The van der Waals surface area contributed by atoms with Gasteiger partial charge in [-0.3, -0.25) is 0 Å². The number of hydrogen-bond acceptors (Lipinski definition) is 3. The molecule has 3 nitrogen and oxygen atoms in total. The zero-order valence-electron chi connectivity index (χ0n) is 9.84. The van der Waals surface area contributed by atoms with Crippen molar-refractivity contribution in [3.63, 3.8) is 0 Å². The van der Waals surface area contributed by atoms with Crippen molar-refractivity contribution in [3.8, 4) is 0 Å². The molecule has 18 heavy (non-hydrogen) atoms. The first kappa shape index (κ1) is 13.4. The highest BCUT2D eigenvalue weighted by molar-refractivity contribution is 6.28. The van der Waals surface area contributed by atoms with Crippen LogP contribution in [0, 0.1) is 12.8 Å². The lowest BCUT2D eigenvalue weighted by molar-refractivity contribution is -0.176. The summed E-state index contributed by atoms with van der Waals surface area (Å²) in [7, 11) is 0. The summed E-state index contributed by atoms with van der Waals surface area (Å²) < 4.78 is 38.2. The van der Waals surface area contributed by atoms with Crippen LogP contribution in [0.2, 0.25) is 5.28 Å². The molecule has 1 saturated heterocycles. The maximum Gasteiger partial charge on any atom is 0.393 e. The molecule has 1 fully saturated rings. The van der Waals surface area contributed by atoms with Crippen LogP contribution < -0.4 is 4.90 Å². The van der Waals surface area contributed by atoms with Crippen molar-refractivity contribution < 1.29 is 13.2 Å². The summed E-state index contributed by atoms with van der Waals surface area (Å²) in [4.78, 5) is 9.48. The van der Waals surface area contributed by atoms with Gasteiger partial charge in [-0.1, -0.05) is 0 Å². The van der Waals surface area contributed by atoms with Gasteiger partial charge in [0.25, 0.3) is 0 Å². The van der Waals surface area contributed by atoms with Crippen molar-refractivity contribution in [3.05, 3.63) is 17.0 Å². The average molecular weight is 280 g/mol. The van der Waals surface area contributed by atoms with Crippen molar-refractivity contribution in [2.75, 3.05) is 18.0 Å². The van der Waals surface area contributed by atoms with Gasteiger partial charge in [0.1, 0.15) is 5.82 Å². The number of piperidine rings is 1. The van der Waals surface area contributed by atoms with Crippen LogP contribution in [0.25, 0.3) is 0 Å². The molecule has 0 amide bonds. The molecule has 1 aliphatic heterocycles. The molecule has 1 atom stereocenters. The van der Waals surface area contributed by atoms with Crippen molar-refractivity contribution >= 4 is 17.4 Å². The predicted molar refractivity (Wildman–Crippen MR) is 62.8 cm³/mol. The normalized spacial score (nSPS) is 21.2. The minimum Gasteiger partial charge on any atom is -0.356 e. The van der Waals surface area contributed by atoms with E-state index in [4.69, 9.17) is 11.6 Å². The zero-order chi connectivity index (χ0) is 13.3. The van der Waals surface area contributed by atoms with E-state index in [1.807, 2.05) is 0 Å². The highest BCUT2D eigenvalue weighted by Gasteiger charge is 2.42. The number of nitrogens with zero attached hydrogens (tertiary/aromatic N) is 3. The van der Waals surface area contributed by atoms with Crippen molar-refractivity contribution in [1.29, 1.82) is 0 Å². The summed E-state index contributed by atoms with van der Waals surface area (Å²) in [5, 5.41) is 0.0599. The predicted octanol–water partition coefficient (Wildman–Crippen LogP) is 3.22. The number of aromatic nitrogens is 2. The van der Waals surface area contributed by atoms with Crippen LogP contribution in [0.4, 0.5) is 19.0 Å². The van der Waals surface area contributed by atoms with Crippen LogP contribution in [0.15, 0.2) is 6.20 Å². The van der Waals surface area contributed by atoms with Crippen molar-refractivity contribution in [2.24, 2.45) is 5.92 Å². The molecule has 1 aliphatic rings. The first-order chi connectivity index (χ1) is 8.38. The van der Waals surface area contributed by atoms with Crippen molar-refractivity contribution in [1.82, 2.24) is 9.97 Å². The van der Waals surface area contributed by atoms with E-state index >= 15 is 0 Å². The van der Waals surface area contributed by atoms with Crippen LogP contribution >= 0.6 is 11.6 Å². The Morgan fingerprint density at radius 3 is 2.83 bits per heavy atom. The highest BCUT2D eigenvalue weighted by Crippen LogP contribution is 2.35. The van der Waals surface area contributed by atoms with Crippen molar-refractivity contribution in [2.45, 2.75) is 25.9 Å². The van der Waals surface area contributed by atoms with Gasteiger partial charge in [0.05, 0.1) is 5.92 Å². The Bertz CT molecular complexity index is 436. The third-order valence-corrected chi connectivity index (χ3v) is 3.28. The Kier molecular flexibility index (Phi) is 3.66. The van der Waals surface area contributed by atoms with Crippen LogP contribution in [0.3, 0.4) is 0 Å². The Balaban J connectivity index is 2.21. The summed E-state index contributed by atoms with van der Waals surface area (Å²) >= 11 is 5.69. The second-order valence-corrected chi connectivity index (χ2v) is 4.81. The first-order valence-corrected chi connectivity index (χ1v) is 6.06. The smallest absolute Gasteiger partial charge is 0.356 e.